The smallest absolute Gasteiger partial charge is 0.411 e. The molecule has 6 nitrogen and oxygen atoms in total. The Kier molecular flexibility index (Phi) is 5.42. The fourth-order valence-corrected chi connectivity index (χ4v) is 4.37. The number of anilines is 2. The van der Waals surface area contributed by atoms with Crippen molar-refractivity contribution in [1.29, 1.82) is 0 Å². The van der Waals surface area contributed by atoms with Gasteiger partial charge in [0.05, 0.1) is 29.3 Å². The SMILES string of the molecule is COC(=O)Nc1ccc2c(c1)OCCc1cc(C(=O)Nc3ccccc3Cl)sc1-2. The van der Waals surface area contributed by atoms with Crippen molar-refractivity contribution in [3.63, 3.8) is 0 Å². The summed E-state index contributed by atoms with van der Waals surface area (Å²) in [5, 5.41) is 5.98. The maximum atomic E-state index is 12.7. The van der Waals surface area contributed by atoms with Gasteiger partial charge in [0.25, 0.3) is 5.91 Å². The monoisotopic (exact) mass is 428 g/mol. The van der Waals surface area contributed by atoms with E-state index in [-0.39, 0.29) is 5.91 Å². The Labute approximate surface area is 176 Å². The van der Waals surface area contributed by atoms with E-state index in [2.05, 4.69) is 15.4 Å². The van der Waals surface area contributed by atoms with Gasteiger partial charge < -0.3 is 14.8 Å². The number of thiophene rings is 1. The Morgan fingerprint density at radius 1 is 1.14 bits per heavy atom. The highest BCUT2D eigenvalue weighted by atomic mass is 35.5. The Morgan fingerprint density at radius 2 is 1.97 bits per heavy atom. The maximum Gasteiger partial charge on any atom is 0.411 e. The molecule has 4 rings (SSSR count). The van der Waals surface area contributed by atoms with Gasteiger partial charge in [0.1, 0.15) is 5.75 Å². The van der Waals surface area contributed by atoms with Crippen molar-refractivity contribution in [3.8, 4) is 16.2 Å². The van der Waals surface area contributed by atoms with Crippen LogP contribution < -0.4 is 15.4 Å². The number of fused-ring (bicyclic) bond motifs is 3. The highest BCUT2D eigenvalue weighted by molar-refractivity contribution is 7.17. The van der Waals surface area contributed by atoms with Crippen LogP contribution in [-0.4, -0.2) is 25.7 Å². The molecule has 3 aromatic rings. The standard InChI is InChI=1S/C21H17ClN2O4S/c1-27-21(26)23-13-6-7-14-17(11-13)28-9-8-12-10-18(29-19(12)14)20(25)24-16-5-3-2-4-15(16)22/h2-7,10-11H,8-9H2,1H3,(H,23,26)(H,24,25). The number of halogens is 1. The molecule has 2 heterocycles. The minimum Gasteiger partial charge on any atom is -0.492 e. The molecule has 1 aliphatic heterocycles. The molecule has 0 radical (unpaired) electrons. The zero-order valence-corrected chi connectivity index (χ0v) is 17.0. The van der Waals surface area contributed by atoms with E-state index in [1.807, 2.05) is 24.3 Å². The first kappa shape index (κ1) is 19.3. The van der Waals surface area contributed by atoms with E-state index in [1.165, 1.54) is 18.4 Å². The van der Waals surface area contributed by atoms with Gasteiger partial charge in [-0.3, -0.25) is 10.1 Å². The average molecular weight is 429 g/mol. The number of benzene rings is 2. The number of methoxy groups -OCH3 is 1. The van der Waals surface area contributed by atoms with Crippen molar-refractivity contribution in [2.75, 3.05) is 24.4 Å². The molecule has 0 atom stereocenters. The summed E-state index contributed by atoms with van der Waals surface area (Å²) < 4.78 is 10.5. The predicted octanol–water partition coefficient (Wildman–Crippen LogP) is 5.43. The van der Waals surface area contributed by atoms with Crippen LogP contribution in [0.2, 0.25) is 5.02 Å². The van der Waals surface area contributed by atoms with Gasteiger partial charge in [-0.05, 0) is 35.9 Å². The molecule has 2 amide bonds. The molecule has 8 heteroatoms. The van der Waals surface area contributed by atoms with E-state index in [9.17, 15) is 9.59 Å². The van der Waals surface area contributed by atoms with E-state index in [4.69, 9.17) is 16.3 Å². The van der Waals surface area contributed by atoms with Crippen LogP contribution in [0.3, 0.4) is 0 Å². The molecule has 1 aliphatic rings. The number of hydrogen-bond acceptors (Lipinski definition) is 5. The van der Waals surface area contributed by atoms with E-state index in [1.54, 1.807) is 24.3 Å². The van der Waals surface area contributed by atoms with Crippen molar-refractivity contribution in [1.82, 2.24) is 0 Å². The molecular formula is C21H17ClN2O4S. The van der Waals surface area contributed by atoms with E-state index in [0.29, 0.717) is 40.1 Å². The van der Waals surface area contributed by atoms with Crippen LogP contribution in [0.25, 0.3) is 10.4 Å². The Balaban J connectivity index is 1.63. The van der Waals surface area contributed by atoms with Gasteiger partial charge in [0.15, 0.2) is 0 Å². The average Bonchev–Trinajstić information content (AvgIpc) is 3.06. The Morgan fingerprint density at radius 3 is 2.76 bits per heavy atom. The molecule has 2 aromatic carbocycles. The van der Waals surface area contributed by atoms with Crippen LogP contribution >= 0.6 is 22.9 Å². The molecule has 0 aliphatic carbocycles. The van der Waals surface area contributed by atoms with Crippen molar-refractivity contribution in [3.05, 3.63) is 64.0 Å². The normalized spacial score (nSPS) is 12.1. The summed E-state index contributed by atoms with van der Waals surface area (Å²) in [5.41, 5.74) is 3.08. The number of carbonyl (C=O) groups excluding carboxylic acids is 2. The molecular weight excluding hydrogens is 412 g/mol. The summed E-state index contributed by atoms with van der Waals surface area (Å²) in [4.78, 5) is 25.8. The van der Waals surface area contributed by atoms with Crippen molar-refractivity contribution < 1.29 is 19.1 Å². The molecule has 1 aromatic heterocycles. The third-order valence-electron chi connectivity index (χ3n) is 4.44. The summed E-state index contributed by atoms with van der Waals surface area (Å²) in [7, 11) is 1.31. The van der Waals surface area contributed by atoms with Crippen molar-refractivity contribution in [2.45, 2.75) is 6.42 Å². The summed E-state index contributed by atoms with van der Waals surface area (Å²) in [6, 6.07) is 14.4. The zero-order chi connectivity index (χ0) is 20.4. The molecule has 29 heavy (non-hydrogen) atoms. The third-order valence-corrected chi connectivity index (χ3v) is 5.98. The second-order valence-electron chi connectivity index (χ2n) is 6.32. The van der Waals surface area contributed by atoms with Gasteiger partial charge in [0.2, 0.25) is 0 Å². The molecule has 0 unspecified atom stereocenters. The van der Waals surface area contributed by atoms with Crippen LogP contribution in [0.4, 0.5) is 16.2 Å². The fourth-order valence-electron chi connectivity index (χ4n) is 3.05. The lowest BCUT2D eigenvalue weighted by atomic mass is 10.1. The number of nitrogens with one attached hydrogen (secondary N) is 2. The molecule has 0 saturated carbocycles. The van der Waals surface area contributed by atoms with E-state index in [0.717, 1.165) is 16.0 Å². The molecule has 0 bridgehead atoms. The highest BCUT2D eigenvalue weighted by Crippen LogP contribution is 2.42. The summed E-state index contributed by atoms with van der Waals surface area (Å²) in [5.74, 6) is 0.445. The summed E-state index contributed by atoms with van der Waals surface area (Å²) in [6.45, 7) is 0.476. The van der Waals surface area contributed by atoms with Gasteiger partial charge in [-0.25, -0.2) is 4.79 Å². The number of ether oxygens (including phenoxy) is 2. The van der Waals surface area contributed by atoms with Crippen molar-refractivity contribution in [2.24, 2.45) is 0 Å². The lowest BCUT2D eigenvalue weighted by Crippen LogP contribution is -2.11. The zero-order valence-electron chi connectivity index (χ0n) is 15.5. The second-order valence-corrected chi connectivity index (χ2v) is 7.78. The number of para-hydroxylation sites is 1. The van der Waals surface area contributed by atoms with Gasteiger partial charge >= 0.3 is 6.09 Å². The molecule has 2 N–H and O–H groups in total. The van der Waals surface area contributed by atoms with E-state index < -0.39 is 6.09 Å². The lowest BCUT2D eigenvalue weighted by Gasteiger charge is -2.10. The number of amides is 2. The Bertz CT molecular complexity index is 1100. The van der Waals surface area contributed by atoms with Crippen LogP contribution in [0.5, 0.6) is 5.75 Å². The van der Waals surface area contributed by atoms with Gasteiger partial charge in [-0.15, -0.1) is 11.3 Å². The first-order chi connectivity index (χ1) is 14.0. The maximum absolute atomic E-state index is 12.7. The molecule has 148 valence electrons. The lowest BCUT2D eigenvalue weighted by molar-refractivity contribution is 0.103. The third kappa shape index (κ3) is 4.06. The first-order valence-electron chi connectivity index (χ1n) is 8.86. The largest absolute Gasteiger partial charge is 0.492 e. The van der Waals surface area contributed by atoms with E-state index >= 15 is 0 Å². The topological polar surface area (TPSA) is 76.7 Å². The minimum absolute atomic E-state index is 0.206. The van der Waals surface area contributed by atoms with Gasteiger partial charge in [0, 0.05) is 28.6 Å². The highest BCUT2D eigenvalue weighted by Gasteiger charge is 2.22. The Hall–Kier alpha value is -3.03. The van der Waals surface area contributed by atoms with Crippen LogP contribution in [0.1, 0.15) is 15.2 Å². The molecule has 0 spiro atoms. The van der Waals surface area contributed by atoms with Crippen LogP contribution in [0.15, 0.2) is 48.5 Å². The minimum atomic E-state index is -0.547. The number of carbonyl (C=O) groups is 2. The van der Waals surface area contributed by atoms with Crippen LogP contribution in [0, 0.1) is 0 Å². The number of hydrogen-bond donors (Lipinski definition) is 2. The van der Waals surface area contributed by atoms with Crippen molar-refractivity contribution >= 4 is 46.3 Å². The summed E-state index contributed by atoms with van der Waals surface area (Å²) >= 11 is 7.54. The van der Waals surface area contributed by atoms with Gasteiger partial charge in [-0.2, -0.15) is 0 Å². The quantitative estimate of drug-likeness (QED) is 0.582. The first-order valence-corrected chi connectivity index (χ1v) is 10.1. The summed E-state index contributed by atoms with van der Waals surface area (Å²) in [6.07, 6.45) is 0.133. The second kappa shape index (κ2) is 8.14. The van der Waals surface area contributed by atoms with Gasteiger partial charge in [-0.1, -0.05) is 23.7 Å². The predicted molar refractivity (Wildman–Crippen MR) is 114 cm³/mol. The molecule has 0 fully saturated rings. The molecule has 0 saturated heterocycles. The number of rotatable bonds is 3. The fraction of sp³-hybridized carbons (Fsp3) is 0.143. The van der Waals surface area contributed by atoms with Crippen LogP contribution in [-0.2, 0) is 11.2 Å².